The number of para-hydroxylation sites is 2. The van der Waals surface area contributed by atoms with Crippen LogP contribution < -0.4 is 0 Å². The zero-order valence-electron chi connectivity index (χ0n) is 40.1. The van der Waals surface area contributed by atoms with Gasteiger partial charge in [-0.1, -0.05) is 170 Å². The Balaban J connectivity index is 0.891. The lowest BCUT2D eigenvalue weighted by Gasteiger charge is -2.19. The van der Waals surface area contributed by atoms with Crippen molar-refractivity contribution in [2.45, 2.75) is 0 Å². The van der Waals surface area contributed by atoms with Gasteiger partial charge in [0.1, 0.15) is 11.6 Å². The number of fused-ring (bicyclic) bond motifs is 4. The first kappa shape index (κ1) is 42.8. The average Bonchev–Trinajstić information content (AvgIpc) is 4.08. The third-order valence-electron chi connectivity index (χ3n) is 14.2. The fourth-order valence-electron chi connectivity index (χ4n) is 10.8. The van der Waals surface area contributed by atoms with Crippen LogP contribution in [0.3, 0.4) is 0 Å². The number of hydrogen-bond acceptors (Lipinski definition) is 4. The number of benzene rings is 10. The van der Waals surface area contributed by atoms with Crippen LogP contribution in [0.25, 0.3) is 134 Å². The number of aromatic nitrogens is 6. The Morgan fingerprint density at radius 1 is 0.257 bits per heavy atom. The summed E-state index contributed by atoms with van der Waals surface area (Å²) in [5.74, 6) is 1.83. The van der Waals surface area contributed by atoms with Gasteiger partial charge in [-0.25, -0.2) is 9.97 Å². The van der Waals surface area contributed by atoms with Crippen LogP contribution in [0.2, 0.25) is 0 Å². The van der Waals surface area contributed by atoms with Crippen LogP contribution in [-0.4, -0.2) is 29.1 Å². The van der Waals surface area contributed by atoms with Gasteiger partial charge in [-0.05, 0) is 140 Å². The summed E-state index contributed by atoms with van der Waals surface area (Å²) in [6.45, 7) is 0. The topological polar surface area (TPSA) is 61.4 Å². The highest BCUT2D eigenvalue weighted by Gasteiger charge is 2.22. The molecule has 0 fully saturated rings. The third kappa shape index (κ3) is 7.44. The predicted octanol–water partition coefficient (Wildman–Crippen LogP) is 17.1. The molecule has 14 aromatic rings. The molecule has 14 rings (SSSR count). The standard InChI is InChI=1S/C68H44N6/c1-5-17-47(18-6-1)67-71-61-43-51(33-37-63(61)73(67)53-21-9-3-10-22-53)46-29-27-45(28-30-46)49-31-35-55-57(41-49)65(59-25-13-15-39-69-59)56-36-32-50(42-58(56)66(55)60-26-14-16-40-70-60)52-34-38-64-62(44-52)72-68(48-19-7-2-8-20-48)74(64)54-23-11-4-12-24-54/h1-44H. The first-order valence-electron chi connectivity index (χ1n) is 24.9. The van der Waals surface area contributed by atoms with E-state index in [1.165, 1.54) is 0 Å². The molecule has 74 heavy (non-hydrogen) atoms. The summed E-state index contributed by atoms with van der Waals surface area (Å²) in [6.07, 6.45) is 3.77. The smallest absolute Gasteiger partial charge is 0.145 e. The highest BCUT2D eigenvalue weighted by molar-refractivity contribution is 6.22. The Morgan fingerprint density at radius 3 is 1.03 bits per heavy atom. The molecule has 0 spiro atoms. The first-order valence-corrected chi connectivity index (χ1v) is 24.9. The highest BCUT2D eigenvalue weighted by Crippen LogP contribution is 2.46. The molecule has 4 aromatic heterocycles. The minimum atomic E-state index is 0.907. The van der Waals surface area contributed by atoms with E-state index in [1.54, 1.807) is 0 Å². The van der Waals surface area contributed by atoms with Crippen molar-refractivity contribution in [2.24, 2.45) is 0 Å². The van der Waals surface area contributed by atoms with Crippen molar-refractivity contribution < 1.29 is 0 Å². The van der Waals surface area contributed by atoms with E-state index in [4.69, 9.17) is 19.9 Å². The largest absolute Gasteiger partial charge is 0.292 e. The van der Waals surface area contributed by atoms with Gasteiger partial charge in [-0.2, -0.15) is 0 Å². The van der Waals surface area contributed by atoms with Crippen LogP contribution >= 0.6 is 0 Å². The van der Waals surface area contributed by atoms with Crippen LogP contribution in [0, 0.1) is 0 Å². The van der Waals surface area contributed by atoms with Gasteiger partial charge in [0.2, 0.25) is 0 Å². The van der Waals surface area contributed by atoms with Gasteiger partial charge in [0.05, 0.1) is 33.5 Å². The summed E-state index contributed by atoms with van der Waals surface area (Å²) in [6, 6.07) is 90.0. The van der Waals surface area contributed by atoms with E-state index in [0.717, 1.165) is 134 Å². The second-order valence-corrected chi connectivity index (χ2v) is 18.6. The Kier molecular flexibility index (Phi) is 10.4. The normalized spacial score (nSPS) is 11.5. The molecule has 6 heteroatoms. The monoisotopic (exact) mass is 944 g/mol. The minimum absolute atomic E-state index is 0.907. The summed E-state index contributed by atoms with van der Waals surface area (Å²) < 4.78 is 4.51. The summed E-state index contributed by atoms with van der Waals surface area (Å²) in [4.78, 5) is 20.5. The molecule has 0 unspecified atom stereocenters. The van der Waals surface area contributed by atoms with Crippen molar-refractivity contribution in [3.05, 3.63) is 267 Å². The van der Waals surface area contributed by atoms with Crippen molar-refractivity contribution in [2.75, 3.05) is 0 Å². The van der Waals surface area contributed by atoms with E-state index in [9.17, 15) is 0 Å². The minimum Gasteiger partial charge on any atom is -0.292 e. The van der Waals surface area contributed by atoms with Crippen LogP contribution in [0.1, 0.15) is 0 Å². The molecule has 0 saturated carbocycles. The van der Waals surface area contributed by atoms with Gasteiger partial charge < -0.3 is 0 Å². The molecule has 4 heterocycles. The molecule has 0 atom stereocenters. The van der Waals surface area contributed by atoms with Crippen molar-refractivity contribution in [3.8, 4) is 90.0 Å². The maximum atomic E-state index is 5.30. The summed E-state index contributed by atoms with van der Waals surface area (Å²) >= 11 is 0. The maximum absolute atomic E-state index is 5.30. The van der Waals surface area contributed by atoms with E-state index in [-0.39, 0.29) is 0 Å². The lowest BCUT2D eigenvalue weighted by Crippen LogP contribution is -1.97. The molecular formula is C68H44N6. The SMILES string of the molecule is c1ccc(-c2nc3cc(-c4ccc(-c5ccc6c(-c7ccccn7)c7cc(-c8ccc9c(c8)nc(-c8ccccc8)n9-c8ccccc8)ccc7c(-c7ccccn7)c6c5)cc4)ccc3n2-c2ccccc2)cc1. The molecule has 10 aromatic carbocycles. The van der Waals surface area contributed by atoms with Crippen molar-refractivity contribution in [1.82, 2.24) is 29.1 Å². The van der Waals surface area contributed by atoms with E-state index >= 15 is 0 Å². The molecule has 0 aliphatic heterocycles. The average molecular weight is 945 g/mol. The van der Waals surface area contributed by atoms with Gasteiger partial charge in [-0.3, -0.25) is 19.1 Å². The van der Waals surface area contributed by atoms with Gasteiger partial charge in [0.15, 0.2) is 0 Å². The van der Waals surface area contributed by atoms with Gasteiger partial charge >= 0.3 is 0 Å². The highest BCUT2D eigenvalue weighted by atomic mass is 15.1. The molecule has 0 aliphatic carbocycles. The van der Waals surface area contributed by atoms with Crippen molar-refractivity contribution >= 4 is 43.6 Å². The number of nitrogens with zero attached hydrogens (tertiary/aromatic N) is 6. The predicted molar refractivity (Wildman–Crippen MR) is 304 cm³/mol. The Hall–Kier alpha value is -10.0. The Labute approximate surface area is 427 Å². The molecule has 346 valence electrons. The van der Waals surface area contributed by atoms with Gasteiger partial charge in [-0.15, -0.1) is 0 Å². The number of pyridine rings is 2. The van der Waals surface area contributed by atoms with Crippen LogP contribution in [-0.2, 0) is 0 Å². The Morgan fingerprint density at radius 2 is 0.608 bits per heavy atom. The molecular weight excluding hydrogens is 901 g/mol. The molecule has 0 aliphatic rings. The number of rotatable bonds is 9. The zero-order chi connectivity index (χ0) is 49.0. The molecule has 0 amide bonds. The first-order chi connectivity index (χ1) is 36.7. The quantitative estimate of drug-likeness (QED) is 0.135. The fraction of sp³-hybridized carbons (Fsp3) is 0. The second-order valence-electron chi connectivity index (χ2n) is 18.6. The lowest BCUT2D eigenvalue weighted by molar-refractivity contribution is 1.10. The molecule has 0 N–H and O–H groups in total. The molecule has 0 bridgehead atoms. The molecule has 6 nitrogen and oxygen atoms in total. The summed E-state index contributed by atoms with van der Waals surface area (Å²) in [7, 11) is 0. The molecule has 0 saturated heterocycles. The third-order valence-corrected chi connectivity index (χ3v) is 14.2. The van der Waals surface area contributed by atoms with E-state index in [2.05, 4.69) is 234 Å². The van der Waals surface area contributed by atoms with Crippen molar-refractivity contribution in [1.29, 1.82) is 0 Å². The maximum Gasteiger partial charge on any atom is 0.145 e. The second kappa shape index (κ2) is 18.0. The van der Waals surface area contributed by atoms with Gasteiger partial charge in [0, 0.05) is 46.0 Å². The lowest BCUT2D eigenvalue weighted by atomic mass is 9.86. The number of imidazole rings is 2. The fourth-order valence-corrected chi connectivity index (χ4v) is 10.8. The Bertz CT molecular complexity index is 4360. The summed E-state index contributed by atoms with van der Waals surface area (Å²) in [5.41, 5.74) is 18.9. The van der Waals surface area contributed by atoms with Crippen LogP contribution in [0.15, 0.2) is 267 Å². The van der Waals surface area contributed by atoms with Crippen molar-refractivity contribution in [3.63, 3.8) is 0 Å². The zero-order valence-corrected chi connectivity index (χ0v) is 40.1. The molecule has 0 radical (unpaired) electrons. The van der Waals surface area contributed by atoms with E-state index < -0.39 is 0 Å². The van der Waals surface area contributed by atoms with E-state index in [1.807, 2.05) is 42.7 Å². The van der Waals surface area contributed by atoms with E-state index in [0.29, 0.717) is 0 Å². The summed E-state index contributed by atoms with van der Waals surface area (Å²) in [5, 5.41) is 4.43. The number of hydrogen-bond donors (Lipinski definition) is 0. The van der Waals surface area contributed by atoms with Crippen LogP contribution in [0.5, 0.6) is 0 Å². The van der Waals surface area contributed by atoms with Gasteiger partial charge in [0.25, 0.3) is 0 Å². The van der Waals surface area contributed by atoms with Crippen LogP contribution in [0.4, 0.5) is 0 Å².